The molecule has 0 aliphatic heterocycles. The molecule has 5 heavy (non-hydrogen) atoms. The average Bonchev–Trinajstić information content (AvgIpc) is 0.918. The van der Waals surface area contributed by atoms with Gasteiger partial charge in [0.1, 0.15) is 0 Å². The minimum atomic E-state index is -2.42. The molecule has 0 fully saturated rings. The van der Waals surface area contributed by atoms with Crippen LogP contribution in [-0.4, -0.2) is 0 Å². The summed E-state index contributed by atoms with van der Waals surface area (Å²) in [5.74, 6) is 0. The second-order valence-corrected chi connectivity index (χ2v) is 0.370. The summed E-state index contributed by atoms with van der Waals surface area (Å²) in [5.41, 5.74) is 0. The first-order valence-corrected chi connectivity index (χ1v) is 1.96. The van der Waals surface area contributed by atoms with E-state index in [1.54, 1.807) is 0 Å². The Morgan fingerprint density at radius 2 is 1.00 bits per heavy atom. The predicted octanol–water partition coefficient (Wildman–Crippen LogP) is 2.27. The van der Waals surface area contributed by atoms with Crippen molar-refractivity contribution in [2.75, 3.05) is 0 Å². The van der Waals surface area contributed by atoms with Crippen LogP contribution >= 0.6 is 0 Å². The molecule has 0 aromatic rings. The second kappa shape index (κ2) is 24.9. The molecule has 0 atom stereocenters. The van der Waals surface area contributed by atoms with Crippen molar-refractivity contribution in [3.8, 4) is 0 Å². The van der Waals surface area contributed by atoms with Crippen molar-refractivity contribution in [3.63, 3.8) is 0 Å². The van der Waals surface area contributed by atoms with Gasteiger partial charge in [0.15, 0.2) is 0 Å². The maximum atomic E-state index is 9.74. The number of rotatable bonds is 0. The van der Waals surface area contributed by atoms with Gasteiger partial charge in [0.25, 0.3) is 0 Å². The third-order valence-electron chi connectivity index (χ3n) is 0. The predicted molar refractivity (Wildman–Crippen MR) is 12.8 cm³/mol. The Hall–Kier alpha value is 0.468. The molecule has 0 saturated heterocycles. The van der Waals surface area contributed by atoms with E-state index in [9.17, 15) is 6.32 Å². The number of hydrogen-bond acceptors (Lipinski definition) is 0. The summed E-state index contributed by atoms with van der Waals surface area (Å²) in [7, 11) is 0. The van der Waals surface area contributed by atoms with E-state index in [1.807, 2.05) is 0 Å². The van der Waals surface area contributed by atoms with E-state index in [-0.39, 0.29) is 12.3 Å². The van der Waals surface area contributed by atoms with E-state index < -0.39 is 19.6 Å². The van der Waals surface area contributed by atoms with Gasteiger partial charge in [0.2, 0.25) is 0 Å². The Morgan fingerprint density at radius 3 is 1.00 bits per heavy atom. The first-order chi connectivity index (χ1) is 1.41. The first kappa shape index (κ1) is 17.9. The molecule has 0 rings (SSSR count). The molecule has 2 nitrogen and oxygen atoms in total. The molecule has 0 heterocycles. The quantitative estimate of drug-likeness (QED) is 0.644. The molecule has 0 aliphatic rings. The fourth-order valence-corrected chi connectivity index (χ4v) is 0. The van der Waals surface area contributed by atoms with Gasteiger partial charge >= 0.3 is 25.9 Å². The molecule has 0 unspecified atom stereocenters. The van der Waals surface area contributed by atoms with Crippen molar-refractivity contribution < 1.29 is 25.9 Å². The summed E-state index contributed by atoms with van der Waals surface area (Å²) in [6.45, 7) is 0. The average molecular weight is 265 g/mol. The summed E-state index contributed by atoms with van der Waals surface area (Å²) >= 11 is -2.42. The Kier molecular flexibility index (Phi) is 89.4. The number of halogens is 2. The third kappa shape index (κ3) is 124. The van der Waals surface area contributed by atoms with Gasteiger partial charge in [-0.2, -0.15) is 0 Å². The van der Waals surface area contributed by atoms with E-state index in [4.69, 9.17) is 0 Å². The van der Waals surface area contributed by atoms with Crippen LogP contribution in [-0.2, 0) is 19.6 Å². The molecule has 0 spiro atoms. The summed E-state index contributed by atoms with van der Waals surface area (Å²) in [6.07, 6.45) is 0. The largest absolute Gasteiger partial charge is 0.693 e. The number of hydrogen-bond donors (Lipinski definition) is 0. The zero-order valence-electron chi connectivity index (χ0n) is 2.23. The summed E-state index contributed by atoms with van der Waals surface area (Å²) in [5, 5.41) is 0. The van der Waals surface area contributed by atoms with Crippen LogP contribution in [0.4, 0.5) is 6.32 Å². The van der Waals surface area contributed by atoms with Gasteiger partial charge in [-0.15, -0.1) is 0 Å². The van der Waals surface area contributed by atoms with Crippen molar-refractivity contribution in [1.29, 1.82) is 0 Å². The van der Waals surface area contributed by atoms with E-state index in [0.29, 0.717) is 0 Å². The van der Waals surface area contributed by atoms with E-state index in [0.717, 1.165) is 0 Å². The second-order valence-electron chi connectivity index (χ2n) is 0.0452. The zero-order chi connectivity index (χ0) is 2.71. The molecule has 0 amide bonds. The maximum absolute atomic E-state index is 9.74. The van der Waals surface area contributed by atoms with Crippen molar-refractivity contribution in [1.82, 2.24) is 0 Å². The molecule has 38 valence electrons. The van der Waals surface area contributed by atoms with Gasteiger partial charge in [0, 0.05) is 0 Å². The monoisotopic (exact) mass is 265 g/mol. The standard InChI is InChI=1S/2FH.2H2N.Pt/h2*1H;2*1H2;/q;;2*-1;+4/p-2. The van der Waals surface area contributed by atoms with E-state index in [1.165, 1.54) is 0 Å². The fourth-order valence-electron chi connectivity index (χ4n) is 0. The van der Waals surface area contributed by atoms with Crippen molar-refractivity contribution in [2.24, 2.45) is 0 Å². The van der Waals surface area contributed by atoms with Gasteiger partial charge in [-0.25, -0.2) is 0 Å². The van der Waals surface area contributed by atoms with Gasteiger partial charge in [0.05, 0.1) is 0 Å². The molecule has 5 heteroatoms. The van der Waals surface area contributed by atoms with Crippen molar-refractivity contribution in [3.05, 3.63) is 12.3 Å². The first-order valence-electron chi connectivity index (χ1n) is 0.239. The van der Waals surface area contributed by atoms with Crippen LogP contribution in [0.15, 0.2) is 0 Å². The zero-order valence-corrected chi connectivity index (χ0v) is 4.50. The van der Waals surface area contributed by atoms with Crippen LogP contribution in [0.5, 0.6) is 0 Å². The van der Waals surface area contributed by atoms with Gasteiger partial charge in [-0.05, 0) is 0 Å². The van der Waals surface area contributed by atoms with Gasteiger partial charge in [-0.1, -0.05) is 0 Å². The van der Waals surface area contributed by atoms with E-state index >= 15 is 0 Å². The topological polar surface area (TPSA) is 67.0 Å². The van der Waals surface area contributed by atoms with Crippen LogP contribution in [0.1, 0.15) is 0 Å². The molecule has 0 saturated carbocycles. The molecular formula is H4F2N2Pt. The molecule has 0 radical (unpaired) electrons. The van der Waals surface area contributed by atoms with Crippen molar-refractivity contribution >= 4 is 0 Å². The molecule has 4 N–H and O–H groups in total. The van der Waals surface area contributed by atoms with Crippen LogP contribution in [0, 0.1) is 0 Å². The summed E-state index contributed by atoms with van der Waals surface area (Å²) < 4.78 is 19.5. The van der Waals surface area contributed by atoms with Crippen LogP contribution in [0.3, 0.4) is 0 Å². The summed E-state index contributed by atoms with van der Waals surface area (Å²) in [4.78, 5) is 0. The molecule has 0 aromatic heterocycles. The smallest absolute Gasteiger partial charge is 0.693 e. The van der Waals surface area contributed by atoms with Crippen LogP contribution in [0.25, 0.3) is 12.3 Å². The maximum Gasteiger partial charge on any atom is -0.693 e. The SMILES string of the molecule is [F][Pt+2][F].[NH2-].[NH2-]. The molecule has 0 aromatic carbocycles. The Labute approximate surface area is 38.9 Å². The minimum Gasteiger partial charge on any atom is -0.693 e. The van der Waals surface area contributed by atoms with Crippen LogP contribution < -0.4 is 0 Å². The Bertz CT molecular complexity index is 7.61. The number of nitrogens with two attached hydrogens (primary N) is 2. The fraction of sp³-hybridized carbons (Fsp3) is 0. The normalized spacial score (nSPS) is 4.40. The Balaban J connectivity index is -0.0000000200. The van der Waals surface area contributed by atoms with Crippen molar-refractivity contribution in [2.45, 2.75) is 0 Å². The van der Waals surface area contributed by atoms with Gasteiger partial charge < -0.3 is 12.3 Å². The van der Waals surface area contributed by atoms with Crippen LogP contribution in [0.2, 0.25) is 0 Å². The molecule has 0 bridgehead atoms. The van der Waals surface area contributed by atoms with E-state index in [2.05, 4.69) is 0 Å². The molecule has 0 aliphatic carbocycles. The molecular weight excluding hydrogens is 261 g/mol. The summed E-state index contributed by atoms with van der Waals surface area (Å²) in [6, 6.07) is 0. The Morgan fingerprint density at radius 1 is 1.00 bits per heavy atom. The minimum absolute atomic E-state index is 0. The van der Waals surface area contributed by atoms with Gasteiger partial charge in [-0.3, -0.25) is 0 Å². The third-order valence-corrected chi connectivity index (χ3v) is 0.